The van der Waals surface area contributed by atoms with Crippen LogP contribution in [0.3, 0.4) is 0 Å². The van der Waals surface area contributed by atoms with Crippen LogP contribution in [0.5, 0.6) is 11.5 Å². The van der Waals surface area contributed by atoms with Crippen LogP contribution in [-0.4, -0.2) is 26.9 Å². The van der Waals surface area contributed by atoms with E-state index in [1.165, 1.54) is 0 Å². The van der Waals surface area contributed by atoms with Crippen molar-refractivity contribution in [1.29, 1.82) is 0 Å². The first-order valence-electron chi connectivity index (χ1n) is 6.35. The van der Waals surface area contributed by atoms with Gasteiger partial charge in [0.05, 0.1) is 17.7 Å². The lowest BCUT2D eigenvalue weighted by Gasteiger charge is -2.15. The molecule has 0 amide bonds. The van der Waals surface area contributed by atoms with Crippen molar-refractivity contribution in [1.82, 2.24) is 0 Å². The topological polar surface area (TPSA) is 27.7 Å². The Morgan fingerprint density at radius 1 is 1.16 bits per heavy atom. The SMILES string of the molecule is CCOc1cc(CCl)cc(Br)c1OCCCCOC. The van der Waals surface area contributed by atoms with Crippen molar-refractivity contribution in [2.75, 3.05) is 26.9 Å². The molecule has 0 aliphatic carbocycles. The molecule has 1 aromatic rings. The first-order valence-corrected chi connectivity index (χ1v) is 7.68. The van der Waals surface area contributed by atoms with Gasteiger partial charge in [0.2, 0.25) is 0 Å². The minimum atomic E-state index is 0.451. The standard InChI is InChI=1S/C14H20BrClO3/c1-3-18-13-9-11(10-16)8-12(15)14(13)19-7-5-4-6-17-2/h8-9H,3-7,10H2,1-2H3. The molecule has 19 heavy (non-hydrogen) atoms. The molecule has 0 saturated heterocycles. The minimum absolute atomic E-state index is 0.451. The maximum atomic E-state index is 5.85. The lowest BCUT2D eigenvalue weighted by Crippen LogP contribution is -2.03. The lowest BCUT2D eigenvalue weighted by molar-refractivity contribution is 0.183. The molecule has 0 atom stereocenters. The second kappa shape index (κ2) is 9.45. The van der Waals surface area contributed by atoms with Gasteiger partial charge in [0.15, 0.2) is 11.5 Å². The molecule has 0 unspecified atom stereocenters. The van der Waals surface area contributed by atoms with Crippen LogP contribution in [0.4, 0.5) is 0 Å². The van der Waals surface area contributed by atoms with Gasteiger partial charge in [-0.1, -0.05) is 0 Å². The lowest BCUT2D eigenvalue weighted by atomic mass is 10.2. The number of halogens is 2. The molecule has 0 bridgehead atoms. The van der Waals surface area contributed by atoms with Crippen molar-refractivity contribution in [3.8, 4) is 11.5 Å². The normalized spacial score (nSPS) is 10.5. The third-order valence-electron chi connectivity index (χ3n) is 2.51. The van der Waals surface area contributed by atoms with Crippen molar-refractivity contribution in [3.63, 3.8) is 0 Å². The van der Waals surface area contributed by atoms with E-state index in [-0.39, 0.29) is 0 Å². The zero-order valence-corrected chi connectivity index (χ0v) is 13.7. The van der Waals surface area contributed by atoms with Gasteiger partial charge in [-0.2, -0.15) is 0 Å². The number of hydrogen-bond donors (Lipinski definition) is 0. The van der Waals surface area contributed by atoms with Crippen molar-refractivity contribution in [2.45, 2.75) is 25.6 Å². The molecule has 0 heterocycles. The van der Waals surface area contributed by atoms with Gasteiger partial charge in [0, 0.05) is 19.6 Å². The number of ether oxygens (including phenoxy) is 3. The summed E-state index contributed by atoms with van der Waals surface area (Å²) in [7, 11) is 1.70. The van der Waals surface area contributed by atoms with Gasteiger partial charge < -0.3 is 14.2 Å². The Bertz CT molecular complexity index is 385. The van der Waals surface area contributed by atoms with E-state index in [4.69, 9.17) is 25.8 Å². The van der Waals surface area contributed by atoms with Gasteiger partial charge in [-0.3, -0.25) is 0 Å². The van der Waals surface area contributed by atoms with E-state index in [0.717, 1.165) is 41.0 Å². The van der Waals surface area contributed by atoms with E-state index >= 15 is 0 Å². The van der Waals surface area contributed by atoms with Crippen LogP contribution >= 0.6 is 27.5 Å². The molecule has 0 N–H and O–H groups in total. The smallest absolute Gasteiger partial charge is 0.175 e. The molecule has 0 fully saturated rings. The molecule has 5 heteroatoms. The number of rotatable bonds is 9. The molecule has 1 aromatic carbocycles. The van der Waals surface area contributed by atoms with Gasteiger partial charge >= 0.3 is 0 Å². The molecule has 0 aromatic heterocycles. The molecular formula is C14H20BrClO3. The van der Waals surface area contributed by atoms with Crippen LogP contribution in [0.2, 0.25) is 0 Å². The highest BCUT2D eigenvalue weighted by atomic mass is 79.9. The summed E-state index contributed by atoms with van der Waals surface area (Å²) in [4.78, 5) is 0. The van der Waals surface area contributed by atoms with E-state index in [1.54, 1.807) is 7.11 Å². The highest BCUT2D eigenvalue weighted by Crippen LogP contribution is 2.37. The Labute approximate surface area is 128 Å². The Morgan fingerprint density at radius 3 is 2.53 bits per heavy atom. The van der Waals surface area contributed by atoms with Crippen molar-refractivity contribution in [3.05, 3.63) is 22.2 Å². The van der Waals surface area contributed by atoms with Crippen molar-refractivity contribution in [2.24, 2.45) is 0 Å². The summed E-state index contributed by atoms with van der Waals surface area (Å²) in [5, 5.41) is 0. The summed E-state index contributed by atoms with van der Waals surface area (Å²) >= 11 is 9.36. The second-order valence-corrected chi connectivity index (χ2v) is 5.14. The van der Waals surface area contributed by atoms with Crippen LogP contribution in [0, 0.1) is 0 Å². The summed E-state index contributed by atoms with van der Waals surface area (Å²) < 4.78 is 17.3. The highest BCUT2D eigenvalue weighted by molar-refractivity contribution is 9.10. The van der Waals surface area contributed by atoms with Crippen molar-refractivity contribution < 1.29 is 14.2 Å². The van der Waals surface area contributed by atoms with E-state index in [0.29, 0.717) is 19.1 Å². The predicted octanol–water partition coefficient (Wildman–Crippen LogP) is 4.39. The number of unbranched alkanes of at least 4 members (excludes halogenated alkanes) is 1. The number of methoxy groups -OCH3 is 1. The van der Waals surface area contributed by atoms with E-state index < -0.39 is 0 Å². The predicted molar refractivity (Wildman–Crippen MR) is 81.5 cm³/mol. The number of benzene rings is 1. The average Bonchev–Trinajstić information content (AvgIpc) is 2.41. The molecule has 3 nitrogen and oxygen atoms in total. The molecule has 108 valence electrons. The fraction of sp³-hybridized carbons (Fsp3) is 0.571. The molecule has 0 spiro atoms. The third kappa shape index (κ3) is 5.59. The Balaban J connectivity index is 2.68. The number of hydrogen-bond acceptors (Lipinski definition) is 3. The van der Waals surface area contributed by atoms with Crippen LogP contribution in [0.15, 0.2) is 16.6 Å². The molecule has 0 aliphatic rings. The monoisotopic (exact) mass is 350 g/mol. The molecule has 1 rings (SSSR count). The first-order chi connectivity index (χ1) is 9.22. The largest absolute Gasteiger partial charge is 0.490 e. The molecular weight excluding hydrogens is 332 g/mol. The number of alkyl halides is 1. The zero-order valence-electron chi connectivity index (χ0n) is 11.4. The fourth-order valence-corrected chi connectivity index (χ4v) is 2.38. The maximum absolute atomic E-state index is 5.85. The zero-order chi connectivity index (χ0) is 14.1. The van der Waals surface area contributed by atoms with Gasteiger partial charge in [-0.15, -0.1) is 11.6 Å². The summed E-state index contributed by atoms with van der Waals surface area (Å²) in [5.74, 6) is 1.93. The summed E-state index contributed by atoms with van der Waals surface area (Å²) in [6.45, 7) is 3.94. The summed E-state index contributed by atoms with van der Waals surface area (Å²) in [6.07, 6.45) is 1.93. The molecule has 0 radical (unpaired) electrons. The summed E-state index contributed by atoms with van der Waals surface area (Å²) in [5.41, 5.74) is 1.00. The molecule has 0 saturated carbocycles. The Morgan fingerprint density at radius 2 is 1.89 bits per heavy atom. The van der Waals surface area contributed by atoms with Gasteiger partial charge in [-0.05, 0) is 53.4 Å². The maximum Gasteiger partial charge on any atom is 0.175 e. The van der Waals surface area contributed by atoms with Gasteiger partial charge in [0.1, 0.15) is 0 Å². The van der Waals surface area contributed by atoms with Crippen LogP contribution in [-0.2, 0) is 10.6 Å². The van der Waals surface area contributed by atoms with Crippen LogP contribution < -0.4 is 9.47 Å². The molecule has 0 aliphatic heterocycles. The average molecular weight is 352 g/mol. The van der Waals surface area contributed by atoms with E-state index in [1.807, 2.05) is 19.1 Å². The van der Waals surface area contributed by atoms with Gasteiger partial charge in [-0.25, -0.2) is 0 Å². The fourth-order valence-electron chi connectivity index (χ4n) is 1.62. The Kier molecular flexibility index (Phi) is 8.26. The Hall–Kier alpha value is -0.450. The first kappa shape index (κ1) is 16.6. The van der Waals surface area contributed by atoms with E-state index in [9.17, 15) is 0 Å². The minimum Gasteiger partial charge on any atom is -0.490 e. The van der Waals surface area contributed by atoms with Crippen LogP contribution in [0.25, 0.3) is 0 Å². The highest BCUT2D eigenvalue weighted by Gasteiger charge is 2.11. The quantitative estimate of drug-likeness (QED) is 0.488. The summed E-state index contributed by atoms with van der Waals surface area (Å²) in [6, 6.07) is 3.88. The second-order valence-electron chi connectivity index (χ2n) is 4.02. The van der Waals surface area contributed by atoms with Gasteiger partial charge in [0.25, 0.3) is 0 Å². The third-order valence-corrected chi connectivity index (χ3v) is 3.41. The van der Waals surface area contributed by atoms with E-state index in [2.05, 4.69) is 15.9 Å². The van der Waals surface area contributed by atoms with Crippen LogP contribution in [0.1, 0.15) is 25.3 Å². The van der Waals surface area contributed by atoms with Crippen molar-refractivity contribution >= 4 is 27.5 Å².